The predicted molar refractivity (Wildman–Crippen MR) is 72.6 cm³/mol. The zero-order valence-electron chi connectivity index (χ0n) is 10.4. The van der Waals surface area contributed by atoms with E-state index in [1.807, 2.05) is 6.92 Å². The molecule has 0 saturated carbocycles. The van der Waals surface area contributed by atoms with Crippen LogP contribution in [-0.4, -0.2) is 21.2 Å². The minimum atomic E-state index is -0.162. The Morgan fingerprint density at radius 2 is 2.26 bits per heavy atom. The molecule has 0 unspecified atom stereocenters. The summed E-state index contributed by atoms with van der Waals surface area (Å²) in [5.41, 5.74) is 1.13. The van der Waals surface area contributed by atoms with Crippen molar-refractivity contribution >= 4 is 18.0 Å². The van der Waals surface area contributed by atoms with Crippen LogP contribution >= 0.6 is 11.8 Å². The van der Waals surface area contributed by atoms with E-state index >= 15 is 0 Å². The fourth-order valence-electron chi connectivity index (χ4n) is 1.54. The second-order valence-corrected chi connectivity index (χ2v) is 4.95. The van der Waals surface area contributed by atoms with E-state index in [0.717, 1.165) is 24.8 Å². The molecule has 0 spiro atoms. The molecular formula is C13H13N3O2S. The SMILES string of the molecule is CCCc1cc(=O)[nH]c(Sc2ccc(C=O)cn2)n1. The number of hydrogen-bond acceptors (Lipinski definition) is 5. The average Bonchev–Trinajstić information content (AvgIpc) is 2.39. The molecule has 5 nitrogen and oxygen atoms in total. The van der Waals surface area contributed by atoms with E-state index in [2.05, 4.69) is 15.0 Å². The smallest absolute Gasteiger partial charge is 0.251 e. The van der Waals surface area contributed by atoms with Gasteiger partial charge in [0.2, 0.25) is 0 Å². The van der Waals surface area contributed by atoms with Crippen LogP contribution in [0.15, 0.2) is 39.4 Å². The highest BCUT2D eigenvalue weighted by molar-refractivity contribution is 7.99. The normalized spacial score (nSPS) is 10.4. The fraction of sp³-hybridized carbons (Fsp3) is 0.231. The summed E-state index contributed by atoms with van der Waals surface area (Å²) < 4.78 is 0. The number of H-pyrrole nitrogens is 1. The highest BCUT2D eigenvalue weighted by Gasteiger charge is 2.04. The van der Waals surface area contributed by atoms with E-state index in [1.165, 1.54) is 24.0 Å². The van der Waals surface area contributed by atoms with Crippen LogP contribution in [-0.2, 0) is 6.42 Å². The van der Waals surface area contributed by atoms with Gasteiger partial charge in [-0.25, -0.2) is 9.97 Å². The first kappa shape index (κ1) is 13.5. The van der Waals surface area contributed by atoms with Crippen molar-refractivity contribution in [1.29, 1.82) is 0 Å². The van der Waals surface area contributed by atoms with E-state index in [-0.39, 0.29) is 5.56 Å². The van der Waals surface area contributed by atoms with Crippen LogP contribution in [0.3, 0.4) is 0 Å². The topological polar surface area (TPSA) is 75.7 Å². The van der Waals surface area contributed by atoms with Gasteiger partial charge in [0.15, 0.2) is 11.4 Å². The van der Waals surface area contributed by atoms with Crippen LogP contribution in [0, 0.1) is 0 Å². The maximum Gasteiger partial charge on any atom is 0.251 e. The highest BCUT2D eigenvalue weighted by Crippen LogP contribution is 2.21. The van der Waals surface area contributed by atoms with Gasteiger partial charge in [-0.2, -0.15) is 0 Å². The lowest BCUT2D eigenvalue weighted by Gasteiger charge is -2.02. The molecule has 0 aromatic carbocycles. The van der Waals surface area contributed by atoms with Crippen LogP contribution in [0.5, 0.6) is 0 Å². The number of carbonyl (C=O) groups excluding carboxylic acids is 1. The largest absolute Gasteiger partial charge is 0.301 e. The maximum atomic E-state index is 11.5. The fourth-order valence-corrected chi connectivity index (χ4v) is 2.29. The zero-order valence-corrected chi connectivity index (χ0v) is 11.2. The molecule has 2 rings (SSSR count). The molecule has 0 bridgehead atoms. The first-order valence-electron chi connectivity index (χ1n) is 5.90. The molecule has 6 heteroatoms. The van der Waals surface area contributed by atoms with Crippen molar-refractivity contribution in [3.05, 3.63) is 46.0 Å². The third-order valence-corrected chi connectivity index (χ3v) is 3.21. The Labute approximate surface area is 114 Å². The Balaban J connectivity index is 2.21. The van der Waals surface area contributed by atoms with Crippen molar-refractivity contribution in [2.45, 2.75) is 29.9 Å². The van der Waals surface area contributed by atoms with Crippen molar-refractivity contribution < 1.29 is 4.79 Å². The summed E-state index contributed by atoms with van der Waals surface area (Å²) in [6.07, 6.45) is 3.94. The van der Waals surface area contributed by atoms with Gasteiger partial charge < -0.3 is 4.98 Å². The Morgan fingerprint density at radius 3 is 2.89 bits per heavy atom. The van der Waals surface area contributed by atoms with Gasteiger partial charge in [-0.3, -0.25) is 9.59 Å². The van der Waals surface area contributed by atoms with Crippen LogP contribution in [0.2, 0.25) is 0 Å². The zero-order chi connectivity index (χ0) is 13.7. The number of rotatable bonds is 5. The Morgan fingerprint density at radius 1 is 1.42 bits per heavy atom. The number of pyridine rings is 1. The lowest BCUT2D eigenvalue weighted by Crippen LogP contribution is -2.09. The van der Waals surface area contributed by atoms with Crippen molar-refractivity contribution in [2.24, 2.45) is 0 Å². The molecule has 1 N–H and O–H groups in total. The van der Waals surface area contributed by atoms with Gasteiger partial charge in [-0.15, -0.1) is 0 Å². The van der Waals surface area contributed by atoms with Gasteiger partial charge in [0.25, 0.3) is 5.56 Å². The molecule has 0 amide bonds. The quantitative estimate of drug-likeness (QED) is 0.668. The van der Waals surface area contributed by atoms with E-state index in [9.17, 15) is 9.59 Å². The van der Waals surface area contributed by atoms with E-state index < -0.39 is 0 Å². The molecule has 0 atom stereocenters. The number of carbonyl (C=O) groups is 1. The lowest BCUT2D eigenvalue weighted by molar-refractivity contribution is 0.112. The van der Waals surface area contributed by atoms with Crippen molar-refractivity contribution in [1.82, 2.24) is 15.0 Å². The van der Waals surface area contributed by atoms with Crippen molar-refractivity contribution in [3.8, 4) is 0 Å². The summed E-state index contributed by atoms with van der Waals surface area (Å²) in [5, 5.41) is 1.20. The summed E-state index contributed by atoms with van der Waals surface area (Å²) in [7, 11) is 0. The minimum absolute atomic E-state index is 0.162. The van der Waals surface area contributed by atoms with E-state index in [4.69, 9.17) is 0 Å². The summed E-state index contributed by atoms with van der Waals surface area (Å²) in [4.78, 5) is 33.2. The molecule has 2 aromatic rings. The maximum absolute atomic E-state index is 11.5. The summed E-state index contributed by atoms with van der Waals surface area (Å²) in [6, 6.07) is 4.91. The molecule has 0 radical (unpaired) electrons. The van der Waals surface area contributed by atoms with Crippen LogP contribution in [0.4, 0.5) is 0 Å². The van der Waals surface area contributed by atoms with Crippen LogP contribution in [0.25, 0.3) is 0 Å². The third-order valence-electron chi connectivity index (χ3n) is 2.38. The molecule has 2 aromatic heterocycles. The monoisotopic (exact) mass is 275 g/mol. The standard InChI is InChI=1S/C13H13N3O2S/c1-2-3-10-6-11(18)16-13(15-10)19-12-5-4-9(8-17)7-14-12/h4-8H,2-3H2,1H3,(H,15,16,18). The molecule has 98 valence electrons. The Kier molecular flexibility index (Phi) is 4.46. The first-order chi connectivity index (χ1) is 9.21. The molecule has 19 heavy (non-hydrogen) atoms. The lowest BCUT2D eigenvalue weighted by atomic mass is 10.2. The molecule has 0 saturated heterocycles. The third kappa shape index (κ3) is 3.75. The Hall–Kier alpha value is -1.95. The second-order valence-electron chi connectivity index (χ2n) is 3.94. The first-order valence-corrected chi connectivity index (χ1v) is 6.72. The number of hydrogen-bond donors (Lipinski definition) is 1. The Bertz CT molecular complexity index is 623. The molecular weight excluding hydrogens is 262 g/mol. The van der Waals surface area contributed by atoms with Crippen molar-refractivity contribution in [2.75, 3.05) is 0 Å². The molecule has 0 aliphatic rings. The highest BCUT2D eigenvalue weighted by atomic mass is 32.2. The number of nitrogens with one attached hydrogen (secondary N) is 1. The molecule has 0 aliphatic carbocycles. The number of aldehydes is 1. The number of aromatic amines is 1. The van der Waals surface area contributed by atoms with E-state index in [1.54, 1.807) is 12.1 Å². The van der Waals surface area contributed by atoms with Gasteiger partial charge in [0.1, 0.15) is 5.03 Å². The average molecular weight is 275 g/mol. The second kappa shape index (κ2) is 6.29. The van der Waals surface area contributed by atoms with Gasteiger partial charge in [0, 0.05) is 23.5 Å². The molecule has 0 aliphatic heterocycles. The van der Waals surface area contributed by atoms with E-state index in [0.29, 0.717) is 15.7 Å². The van der Waals surface area contributed by atoms with Crippen LogP contribution in [0.1, 0.15) is 29.4 Å². The number of nitrogens with zero attached hydrogens (tertiary/aromatic N) is 2. The van der Waals surface area contributed by atoms with Gasteiger partial charge >= 0.3 is 0 Å². The number of aromatic nitrogens is 3. The summed E-state index contributed by atoms with van der Waals surface area (Å²) >= 11 is 1.27. The predicted octanol–water partition coefficient (Wildman–Crippen LogP) is 2.08. The molecule has 2 heterocycles. The summed E-state index contributed by atoms with van der Waals surface area (Å²) in [6.45, 7) is 2.04. The number of aryl methyl sites for hydroxylation is 1. The van der Waals surface area contributed by atoms with Crippen molar-refractivity contribution in [3.63, 3.8) is 0 Å². The van der Waals surface area contributed by atoms with Gasteiger partial charge in [-0.1, -0.05) is 13.3 Å². The van der Waals surface area contributed by atoms with Crippen LogP contribution < -0.4 is 5.56 Å². The molecule has 0 fully saturated rings. The minimum Gasteiger partial charge on any atom is -0.301 e. The summed E-state index contributed by atoms with van der Waals surface area (Å²) in [5.74, 6) is 0. The van der Waals surface area contributed by atoms with Gasteiger partial charge in [-0.05, 0) is 30.3 Å². The van der Waals surface area contributed by atoms with Gasteiger partial charge in [0.05, 0.1) is 0 Å².